The average Bonchev–Trinajstić information content (AvgIpc) is 2.92. The lowest BCUT2D eigenvalue weighted by atomic mass is 10.1. The molecule has 2 aromatic heterocycles. The molecule has 0 amide bonds. The Kier molecular flexibility index (Phi) is 3.68. The summed E-state index contributed by atoms with van der Waals surface area (Å²) < 4.78 is 1.79. The van der Waals surface area contributed by atoms with Gasteiger partial charge >= 0.3 is 0 Å². The highest BCUT2D eigenvalue weighted by Crippen LogP contribution is 2.27. The molecule has 2 N–H and O–H groups in total. The number of nitrogens with two attached hydrogens (primary N) is 1. The van der Waals surface area contributed by atoms with E-state index in [0.29, 0.717) is 11.6 Å². The van der Waals surface area contributed by atoms with Crippen LogP contribution in [0, 0.1) is 6.92 Å². The van der Waals surface area contributed by atoms with Gasteiger partial charge in [-0.25, -0.2) is 4.68 Å². The molecule has 21 heavy (non-hydrogen) atoms. The molecule has 3 rings (SSSR count). The Bertz CT molecular complexity index is 767. The summed E-state index contributed by atoms with van der Waals surface area (Å²) in [7, 11) is 0. The second-order valence-electron chi connectivity index (χ2n) is 4.67. The van der Waals surface area contributed by atoms with Gasteiger partial charge in [-0.2, -0.15) is 0 Å². The SMILES string of the molecule is Cc1cc(Cl)ccc1-n1nnc(CN)c1-c1ccncc1. The number of hydrogen-bond acceptors (Lipinski definition) is 4. The van der Waals surface area contributed by atoms with Gasteiger partial charge in [-0.15, -0.1) is 5.10 Å². The number of halogens is 1. The zero-order valence-electron chi connectivity index (χ0n) is 11.5. The molecule has 3 aromatic rings. The first-order valence-corrected chi connectivity index (χ1v) is 6.90. The summed E-state index contributed by atoms with van der Waals surface area (Å²) in [5.74, 6) is 0. The minimum absolute atomic E-state index is 0.324. The van der Waals surface area contributed by atoms with Gasteiger partial charge in [-0.05, 0) is 42.8 Å². The Morgan fingerprint density at radius 2 is 1.95 bits per heavy atom. The molecule has 0 saturated heterocycles. The Labute approximate surface area is 127 Å². The lowest BCUT2D eigenvalue weighted by Crippen LogP contribution is -2.04. The molecule has 0 bridgehead atoms. The number of aryl methyl sites for hydroxylation is 1. The second-order valence-corrected chi connectivity index (χ2v) is 5.10. The molecule has 5 nitrogen and oxygen atoms in total. The van der Waals surface area contributed by atoms with Crippen molar-refractivity contribution in [3.05, 3.63) is 59.0 Å². The van der Waals surface area contributed by atoms with Crippen molar-refractivity contribution in [3.8, 4) is 16.9 Å². The van der Waals surface area contributed by atoms with Crippen molar-refractivity contribution in [2.24, 2.45) is 5.73 Å². The van der Waals surface area contributed by atoms with E-state index < -0.39 is 0 Å². The van der Waals surface area contributed by atoms with Crippen LogP contribution in [0.5, 0.6) is 0 Å². The Morgan fingerprint density at radius 1 is 1.19 bits per heavy atom. The summed E-state index contributed by atoms with van der Waals surface area (Å²) >= 11 is 6.02. The van der Waals surface area contributed by atoms with E-state index >= 15 is 0 Å². The molecule has 0 unspecified atom stereocenters. The molecule has 106 valence electrons. The highest BCUT2D eigenvalue weighted by atomic mass is 35.5. The van der Waals surface area contributed by atoms with Crippen molar-refractivity contribution in [2.45, 2.75) is 13.5 Å². The monoisotopic (exact) mass is 299 g/mol. The van der Waals surface area contributed by atoms with E-state index in [-0.39, 0.29) is 0 Å². The minimum atomic E-state index is 0.324. The highest BCUT2D eigenvalue weighted by molar-refractivity contribution is 6.30. The molecule has 2 heterocycles. The Hall–Kier alpha value is -2.24. The summed E-state index contributed by atoms with van der Waals surface area (Å²) in [5.41, 5.74) is 10.3. The highest BCUT2D eigenvalue weighted by Gasteiger charge is 2.16. The summed E-state index contributed by atoms with van der Waals surface area (Å²) in [6.07, 6.45) is 3.48. The molecule has 1 aromatic carbocycles. The predicted molar refractivity (Wildman–Crippen MR) is 82.2 cm³/mol. The van der Waals surface area contributed by atoms with Crippen LogP contribution >= 0.6 is 11.6 Å². The van der Waals surface area contributed by atoms with Crippen LogP contribution in [0.2, 0.25) is 5.02 Å². The third-order valence-corrected chi connectivity index (χ3v) is 3.51. The van der Waals surface area contributed by atoms with Gasteiger partial charge < -0.3 is 5.73 Å². The Morgan fingerprint density at radius 3 is 2.62 bits per heavy atom. The third-order valence-electron chi connectivity index (χ3n) is 3.27. The first-order chi connectivity index (χ1) is 10.2. The van der Waals surface area contributed by atoms with Crippen molar-refractivity contribution in [3.63, 3.8) is 0 Å². The molecule has 6 heteroatoms. The zero-order chi connectivity index (χ0) is 14.8. The Balaban J connectivity index is 2.22. The molecule has 0 aliphatic heterocycles. The molecule has 0 saturated carbocycles. The van der Waals surface area contributed by atoms with E-state index in [0.717, 1.165) is 28.2 Å². The maximum absolute atomic E-state index is 6.02. The van der Waals surface area contributed by atoms with E-state index in [2.05, 4.69) is 15.3 Å². The van der Waals surface area contributed by atoms with Crippen molar-refractivity contribution >= 4 is 11.6 Å². The number of benzene rings is 1. The quantitative estimate of drug-likeness (QED) is 0.807. The summed E-state index contributed by atoms with van der Waals surface area (Å²) in [4.78, 5) is 4.04. The summed E-state index contributed by atoms with van der Waals surface area (Å²) in [6, 6.07) is 9.50. The fraction of sp³-hybridized carbons (Fsp3) is 0.133. The lowest BCUT2D eigenvalue weighted by molar-refractivity contribution is 0.796. The van der Waals surface area contributed by atoms with Crippen molar-refractivity contribution in [1.82, 2.24) is 20.0 Å². The average molecular weight is 300 g/mol. The molecular weight excluding hydrogens is 286 g/mol. The van der Waals surface area contributed by atoms with Gasteiger partial charge in [-0.1, -0.05) is 16.8 Å². The van der Waals surface area contributed by atoms with E-state index in [1.165, 1.54) is 0 Å². The van der Waals surface area contributed by atoms with Gasteiger partial charge in [0.2, 0.25) is 0 Å². The number of pyridine rings is 1. The topological polar surface area (TPSA) is 69.6 Å². The second kappa shape index (κ2) is 5.63. The van der Waals surface area contributed by atoms with E-state index in [9.17, 15) is 0 Å². The molecule has 0 aliphatic rings. The minimum Gasteiger partial charge on any atom is -0.325 e. The van der Waals surface area contributed by atoms with Gasteiger partial charge in [0.1, 0.15) is 5.69 Å². The fourth-order valence-electron chi connectivity index (χ4n) is 2.27. The molecule has 0 fully saturated rings. The van der Waals surface area contributed by atoms with Crippen LogP contribution in [0.4, 0.5) is 0 Å². The molecule has 0 spiro atoms. The summed E-state index contributed by atoms with van der Waals surface area (Å²) in [5, 5.41) is 9.13. The van der Waals surface area contributed by atoms with Crippen LogP contribution in [0.25, 0.3) is 16.9 Å². The van der Waals surface area contributed by atoms with Gasteiger partial charge in [0.25, 0.3) is 0 Å². The fourth-order valence-corrected chi connectivity index (χ4v) is 2.50. The lowest BCUT2D eigenvalue weighted by Gasteiger charge is -2.10. The zero-order valence-corrected chi connectivity index (χ0v) is 12.2. The van der Waals surface area contributed by atoms with Crippen molar-refractivity contribution in [1.29, 1.82) is 0 Å². The van der Waals surface area contributed by atoms with Gasteiger partial charge in [0.15, 0.2) is 0 Å². The first kappa shape index (κ1) is 13.7. The smallest absolute Gasteiger partial charge is 0.105 e. The molecule has 0 radical (unpaired) electrons. The number of rotatable bonds is 3. The van der Waals surface area contributed by atoms with Gasteiger partial charge in [-0.3, -0.25) is 4.98 Å². The van der Waals surface area contributed by atoms with Crippen LogP contribution in [0.3, 0.4) is 0 Å². The summed E-state index contributed by atoms with van der Waals surface area (Å²) in [6.45, 7) is 2.31. The van der Waals surface area contributed by atoms with Gasteiger partial charge in [0, 0.05) is 29.5 Å². The number of hydrogen-bond donors (Lipinski definition) is 1. The standard InChI is InChI=1S/C15H14ClN5/c1-10-8-12(16)2-3-14(10)21-15(13(9-17)19-20-21)11-4-6-18-7-5-11/h2-8H,9,17H2,1H3. The van der Waals surface area contributed by atoms with E-state index in [4.69, 9.17) is 17.3 Å². The van der Waals surface area contributed by atoms with Crippen LogP contribution in [0.15, 0.2) is 42.7 Å². The van der Waals surface area contributed by atoms with Crippen LogP contribution < -0.4 is 5.73 Å². The normalized spacial score (nSPS) is 10.8. The largest absolute Gasteiger partial charge is 0.325 e. The number of nitrogens with zero attached hydrogens (tertiary/aromatic N) is 4. The first-order valence-electron chi connectivity index (χ1n) is 6.52. The number of aromatic nitrogens is 4. The molecule has 0 aliphatic carbocycles. The van der Waals surface area contributed by atoms with Crippen LogP contribution in [0.1, 0.15) is 11.3 Å². The van der Waals surface area contributed by atoms with Crippen molar-refractivity contribution < 1.29 is 0 Å². The van der Waals surface area contributed by atoms with Crippen LogP contribution in [-0.4, -0.2) is 20.0 Å². The van der Waals surface area contributed by atoms with Gasteiger partial charge in [0.05, 0.1) is 11.4 Å². The maximum atomic E-state index is 6.02. The van der Waals surface area contributed by atoms with Crippen LogP contribution in [-0.2, 0) is 6.54 Å². The third kappa shape index (κ3) is 2.53. The van der Waals surface area contributed by atoms with E-state index in [1.54, 1.807) is 17.1 Å². The van der Waals surface area contributed by atoms with E-state index in [1.807, 2.05) is 37.3 Å². The van der Waals surface area contributed by atoms with Crippen molar-refractivity contribution in [2.75, 3.05) is 0 Å². The molecular formula is C15H14ClN5. The predicted octanol–water partition coefficient (Wildman–Crippen LogP) is 2.75. The maximum Gasteiger partial charge on any atom is 0.105 e. The molecule has 0 atom stereocenters.